The molecule has 0 aliphatic carbocycles. The molecule has 0 aliphatic heterocycles. The second-order valence-corrected chi connectivity index (χ2v) is 5.48. The van der Waals surface area contributed by atoms with E-state index in [1.165, 1.54) is 12.8 Å². The summed E-state index contributed by atoms with van der Waals surface area (Å²) in [7, 11) is 0. The van der Waals surface area contributed by atoms with Crippen LogP contribution in [-0.4, -0.2) is 24.5 Å². The Morgan fingerprint density at radius 3 is 2.24 bits per heavy atom. The van der Waals surface area contributed by atoms with Gasteiger partial charge in [-0.2, -0.15) is 0 Å². The molecule has 0 spiro atoms. The van der Waals surface area contributed by atoms with Gasteiger partial charge in [-0.1, -0.05) is 33.6 Å². The fourth-order valence-corrected chi connectivity index (χ4v) is 1.64. The third-order valence-corrected chi connectivity index (χ3v) is 3.05. The van der Waals surface area contributed by atoms with E-state index in [2.05, 4.69) is 45.3 Å². The molecule has 0 aromatic rings. The third kappa shape index (κ3) is 10.3. The van der Waals surface area contributed by atoms with Crippen LogP contribution in [-0.2, 0) is 4.79 Å². The summed E-state index contributed by atoms with van der Waals surface area (Å²) in [5, 5.41) is 6.23. The molecule has 2 atom stereocenters. The Bertz CT molecular complexity index is 204. The molecule has 3 nitrogen and oxygen atoms in total. The smallest absolute Gasteiger partial charge is 0.234 e. The van der Waals surface area contributed by atoms with E-state index in [9.17, 15) is 4.79 Å². The van der Waals surface area contributed by atoms with Crippen LogP contribution in [0.25, 0.3) is 0 Å². The molecular weight excluding hydrogens is 212 g/mol. The van der Waals surface area contributed by atoms with Crippen LogP contribution >= 0.6 is 0 Å². The van der Waals surface area contributed by atoms with E-state index in [4.69, 9.17) is 0 Å². The maximum absolute atomic E-state index is 11.6. The lowest BCUT2D eigenvalue weighted by atomic mass is 10.0. The summed E-state index contributed by atoms with van der Waals surface area (Å²) < 4.78 is 0. The minimum Gasteiger partial charge on any atom is -0.353 e. The van der Waals surface area contributed by atoms with Gasteiger partial charge in [-0.25, -0.2) is 0 Å². The molecule has 0 rings (SSSR count). The Kier molecular flexibility index (Phi) is 9.14. The van der Waals surface area contributed by atoms with E-state index in [0.717, 1.165) is 18.8 Å². The highest BCUT2D eigenvalue weighted by Gasteiger charge is 2.08. The quantitative estimate of drug-likeness (QED) is 0.653. The van der Waals surface area contributed by atoms with Crippen LogP contribution in [0.2, 0.25) is 0 Å². The summed E-state index contributed by atoms with van der Waals surface area (Å²) >= 11 is 0. The van der Waals surface area contributed by atoms with Gasteiger partial charge in [-0.15, -0.1) is 0 Å². The van der Waals surface area contributed by atoms with Crippen LogP contribution in [0.3, 0.4) is 0 Å². The van der Waals surface area contributed by atoms with Gasteiger partial charge >= 0.3 is 0 Å². The Balaban J connectivity index is 3.58. The van der Waals surface area contributed by atoms with Crippen LogP contribution < -0.4 is 10.6 Å². The lowest BCUT2D eigenvalue weighted by Crippen LogP contribution is -2.41. The Hall–Kier alpha value is -0.570. The molecule has 0 aromatic carbocycles. The van der Waals surface area contributed by atoms with E-state index in [-0.39, 0.29) is 5.91 Å². The first-order valence-electron chi connectivity index (χ1n) is 6.98. The van der Waals surface area contributed by atoms with Crippen LogP contribution in [0.4, 0.5) is 0 Å². The molecular formula is C14H30N2O. The zero-order valence-electron chi connectivity index (χ0n) is 12.2. The predicted octanol–water partition coefficient (Wildman–Crippen LogP) is 2.71. The molecule has 0 aromatic heterocycles. The van der Waals surface area contributed by atoms with Crippen molar-refractivity contribution in [3.63, 3.8) is 0 Å². The van der Waals surface area contributed by atoms with Crippen molar-refractivity contribution in [3.8, 4) is 0 Å². The number of amides is 1. The number of carbonyl (C=O) groups is 1. The molecule has 0 saturated heterocycles. The van der Waals surface area contributed by atoms with Gasteiger partial charge < -0.3 is 10.6 Å². The normalized spacial score (nSPS) is 14.7. The first-order chi connectivity index (χ1) is 7.95. The molecule has 102 valence electrons. The van der Waals surface area contributed by atoms with Crippen LogP contribution in [0, 0.1) is 5.92 Å². The maximum Gasteiger partial charge on any atom is 0.234 e. The standard InChI is InChI=1S/C14H30N2O/c1-6-12(4)15-10-14(17)16-13(5)9-7-8-11(2)3/h11-13,15H,6-10H2,1-5H3,(H,16,17). The molecule has 2 N–H and O–H groups in total. The van der Waals surface area contributed by atoms with Crippen molar-refractivity contribution >= 4 is 5.91 Å². The van der Waals surface area contributed by atoms with Crippen molar-refractivity contribution in [1.82, 2.24) is 10.6 Å². The fourth-order valence-electron chi connectivity index (χ4n) is 1.64. The van der Waals surface area contributed by atoms with Crippen molar-refractivity contribution in [3.05, 3.63) is 0 Å². The Labute approximate surface area is 107 Å². The molecule has 3 heteroatoms. The van der Waals surface area contributed by atoms with Crippen LogP contribution in [0.5, 0.6) is 0 Å². The molecule has 0 heterocycles. The van der Waals surface area contributed by atoms with Crippen molar-refractivity contribution in [1.29, 1.82) is 0 Å². The van der Waals surface area contributed by atoms with Gasteiger partial charge in [0.25, 0.3) is 0 Å². The third-order valence-electron chi connectivity index (χ3n) is 3.05. The minimum atomic E-state index is 0.113. The number of rotatable bonds is 9. The maximum atomic E-state index is 11.6. The monoisotopic (exact) mass is 242 g/mol. The Morgan fingerprint density at radius 2 is 1.71 bits per heavy atom. The number of nitrogens with one attached hydrogen (secondary N) is 2. The summed E-state index contributed by atoms with van der Waals surface area (Å²) in [5.41, 5.74) is 0. The number of carbonyl (C=O) groups excluding carboxylic acids is 1. The topological polar surface area (TPSA) is 41.1 Å². The minimum absolute atomic E-state index is 0.113. The molecule has 0 aliphatic rings. The zero-order valence-corrected chi connectivity index (χ0v) is 12.2. The Morgan fingerprint density at radius 1 is 1.06 bits per heavy atom. The van der Waals surface area contributed by atoms with Crippen molar-refractivity contribution < 1.29 is 4.79 Å². The summed E-state index contributed by atoms with van der Waals surface area (Å²) in [5.74, 6) is 0.868. The lowest BCUT2D eigenvalue weighted by Gasteiger charge is -2.16. The van der Waals surface area contributed by atoms with Crippen molar-refractivity contribution in [2.75, 3.05) is 6.54 Å². The second kappa shape index (κ2) is 9.46. The molecule has 0 bridgehead atoms. The second-order valence-electron chi connectivity index (χ2n) is 5.48. The highest BCUT2D eigenvalue weighted by atomic mass is 16.1. The summed E-state index contributed by atoms with van der Waals surface area (Å²) in [6.07, 6.45) is 4.56. The van der Waals surface area contributed by atoms with Crippen molar-refractivity contribution in [2.45, 2.75) is 72.4 Å². The first kappa shape index (κ1) is 16.4. The summed E-state index contributed by atoms with van der Waals surface area (Å²) in [6.45, 7) is 11.2. The molecule has 0 radical (unpaired) electrons. The summed E-state index contributed by atoms with van der Waals surface area (Å²) in [6, 6.07) is 0.706. The van der Waals surface area contributed by atoms with Crippen LogP contribution in [0.15, 0.2) is 0 Å². The van der Waals surface area contributed by atoms with E-state index >= 15 is 0 Å². The van der Waals surface area contributed by atoms with E-state index in [1.807, 2.05) is 0 Å². The average molecular weight is 242 g/mol. The molecule has 1 amide bonds. The van der Waals surface area contributed by atoms with Gasteiger partial charge in [-0.05, 0) is 32.6 Å². The van der Waals surface area contributed by atoms with Crippen molar-refractivity contribution in [2.24, 2.45) is 5.92 Å². The number of hydrogen-bond acceptors (Lipinski definition) is 2. The fraction of sp³-hybridized carbons (Fsp3) is 0.929. The van der Waals surface area contributed by atoms with Crippen LogP contribution in [0.1, 0.15) is 60.3 Å². The lowest BCUT2D eigenvalue weighted by molar-refractivity contribution is -0.121. The van der Waals surface area contributed by atoms with Gasteiger partial charge in [0.05, 0.1) is 6.54 Å². The summed E-state index contributed by atoms with van der Waals surface area (Å²) in [4.78, 5) is 11.6. The highest BCUT2D eigenvalue weighted by molar-refractivity contribution is 5.78. The van der Waals surface area contributed by atoms with Gasteiger partial charge in [0, 0.05) is 12.1 Å². The largest absolute Gasteiger partial charge is 0.353 e. The van der Waals surface area contributed by atoms with E-state index < -0.39 is 0 Å². The van der Waals surface area contributed by atoms with E-state index in [0.29, 0.717) is 18.6 Å². The van der Waals surface area contributed by atoms with Gasteiger partial charge in [0.15, 0.2) is 0 Å². The SMILES string of the molecule is CCC(C)NCC(=O)NC(C)CCCC(C)C. The predicted molar refractivity (Wildman–Crippen MR) is 74.0 cm³/mol. The molecule has 0 fully saturated rings. The molecule has 0 saturated carbocycles. The van der Waals surface area contributed by atoms with Gasteiger partial charge in [0.1, 0.15) is 0 Å². The zero-order chi connectivity index (χ0) is 13.3. The highest BCUT2D eigenvalue weighted by Crippen LogP contribution is 2.07. The first-order valence-corrected chi connectivity index (χ1v) is 6.98. The molecule has 2 unspecified atom stereocenters. The number of hydrogen-bond donors (Lipinski definition) is 2. The van der Waals surface area contributed by atoms with Gasteiger partial charge in [0.2, 0.25) is 5.91 Å². The molecule has 17 heavy (non-hydrogen) atoms. The van der Waals surface area contributed by atoms with Gasteiger partial charge in [-0.3, -0.25) is 4.79 Å². The average Bonchev–Trinajstić information content (AvgIpc) is 2.25. The van der Waals surface area contributed by atoms with E-state index in [1.54, 1.807) is 0 Å².